The predicted molar refractivity (Wildman–Crippen MR) is 169 cm³/mol. The van der Waals surface area contributed by atoms with E-state index in [1.54, 1.807) is 18.2 Å². The molecule has 48 heavy (non-hydrogen) atoms. The Labute approximate surface area is 276 Å². The largest absolute Gasteiger partial charge is 0.465 e. The number of ether oxygens (including phenoxy) is 1. The van der Waals surface area contributed by atoms with Crippen LogP contribution < -0.4 is 16.0 Å². The maximum Gasteiger partial charge on any atom is 0.409 e. The van der Waals surface area contributed by atoms with Gasteiger partial charge in [-0.05, 0) is 70.0 Å². The van der Waals surface area contributed by atoms with Crippen molar-refractivity contribution in [3.05, 3.63) is 41.2 Å². The summed E-state index contributed by atoms with van der Waals surface area (Å²) in [6, 6.07) is 3.90. The van der Waals surface area contributed by atoms with E-state index in [9.17, 15) is 32.8 Å². The van der Waals surface area contributed by atoms with Gasteiger partial charge in [0.15, 0.2) is 5.69 Å². The summed E-state index contributed by atoms with van der Waals surface area (Å²) in [5.41, 5.74) is 0.249. The zero-order valence-corrected chi connectivity index (χ0v) is 26.8. The van der Waals surface area contributed by atoms with Gasteiger partial charge < -0.3 is 20.1 Å². The number of carbonyl (C=O) groups excluding carboxylic acids is 4. The van der Waals surface area contributed by atoms with Crippen LogP contribution in [0.2, 0.25) is 0 Å². The molecular weight excluding hydrogens is 632 g/mol. The van der Waals surface area contributed by atoms with Crippen molar-refractivity contribution in [3.8, 4) is 0 Å². The average molecular weight is 674 g/mol. The van der Waals surface area contributed by atoms with E-state index in [-0.39, 0.29) is 35.7 Å². The van der Waals surface area contributed by atoms with Gasteiger partial charge in [0.05, 0.1) is 22.9 Å². The van der Waals surface area contributed by atoms with Gasteiger partial charge >= 0.3 is 6.09 Å². The fourth-order valence-corrected chi connectivity index (χ4v) is 6.69. The number of anilines is 2. The van der Waals surface area contributed by atoms with Crippen LogP contribution in [0, 0.1) is 5.92 Å². The Morgan fingerprint density at radius 1 is 1.08 bits per heavy atom. The second-order valence-electron chi connectivity index (χ2n) is 12.5. The highest BCUT2D eigenvalue weighted by Gasteiger charge is 2.45. The van der Waals surface area contributed by atoms with Gasteiger partial charge in [0.2, 0.25) is 11.8 Å². The lowest BCUT2D eigenvalue weighted by Gasteiger charge is -2.31. The quantitative estimate of drug-likeness (QED) is 0.160. The highest BCUT2D eigenvalue weighted by Crippen LogP contribution is 2.35. The maximum atomic E-state index is 13.3. The minimum absolute atomic E-state index is 0.0467. The van der Waals surface area contributed by atoms with Crippen LogP contribution in [0.25, 0.3) is 0 Å². The number of nitrogens with one attached hydrogen (secondary N) is 3. The molecule has 5 rings (SSSR count). The third-order valence-corrected chi connectivity index (χ3v) is 9.05. The predicted octanol–water partition coefficient (Wildman–Crippen LogP) is 3.88. The van der Waals surface area contributed by atoms with E-state index in [1.165, 1.54) is 10.9 Å². The van der Waals surface area contributed by atoms with Crippen LogP contribution in [0.3, 0.4) is 0 Å². The van der Waals surface area contributed by atoms with Crippen molar-refractivity contribution in [1.29, 1.82) is 0 Å². The summed E-state index contributed by atoms with van der Waals surface area (Å²) in [6.45, 7) is 3.38. The molecule has 260 valence electrons. The van der Waals surface area contributed by atoms with Crippen LogP contribution in [0.15, 0.2) is 24.4 Å². The van der Waals surface area contributed by atoms with E-state index in [0.717, 1.165) is 50.1 Å². The molecule has 14 nitrogen and oxygen atoms in total. The molecule has 2 fully saturated rings. The van der Waals surface area contributed by atoms with Crippen molar-refractivity contribution in [1.82, 2.24) is 24.9 Å². The highest BCUT2D eigenvalue weighted by molar-refractivity contribution is 6.25. The van der Waals surface area contributed by atoms with Crippen molar-refractivity contribution in [3.63, 3.8) is 0 Å². The van der Waals surface area contributed by atoms with E-state index in [4.69, 9.17) is 9.84 Å². The summed E-state index contributed by atoms with van der Waals surface area (Å²) in [6.07, 6.45) is 2.17. The number of carbonyl (C=O) groups is 5. The number of hydrogen-bond acceptors (Lipinski definition) is 9. The standard InChI is InChI=1S/C32H41F2N7O7/c1-39(17-19-7-9-20(10-8-19)40-18-23(36-32(46)47)27(38-40)28(33)34)14-4-16-48-15-3-13-35-22-6-2-5-21-26(22)31(45)41(30(21)44)24-11-12-25(42)37-29(24)43/h2,5-6,18-20,24,28,35-36H,3-4,7-17H2,1H3,(H,46,47)(H,37,42,43)/t19-,20-,24?. The molecule has 1 atom stereocenters. The molecule has 1 aromatic carbocycles. The second kappa shape index (κ2) is 15.6. The minimum atomic E-state index is -2.87. The van der Waals surface area contributed by atoms with Gasteiger partial charge in [0.1, 0.15) is 6.04 Å². The lowest BCUT2D eigenvalue weighted by Crippen LogP contribution is -2.54. The van der Waals surface area contributed by atoms with Crippen molar-refractivity contribution in [2.75, 3.05) is 50.5 Å². The summed E-state index contributed by atoms with van der Waals surface area (Å²) in [5.74, 6) is -1.68. The lowest BCUT2D eigenvalue weighted by molar-refractivity contribution is -0.136. The first kappa shape index (κ1) is 34.9. The maximum absolute atomic E-state index is 13.3. The number of rotatable bonds is 15. The number of fused-ring (bicyclic) bond motifs is 1. The molecule has 1 saturated heterocycles. The van der Waals surface area contributed by atoms with Gasteiger partial charge in [-0.25, -0.2) is 13.6 Å². The molecule has 2 aromatic rings. The summed E-state index contributed by atoms with van der Waals surface area (Å²) in [7, 11) is 2.06. The van der Waals surface area contributed by atoms with Crippen LogP contribution in [0.4, 0.5) is 25.0 Å². The molecule has 0 bridgehead atoms. The molecule has 1 unspecified atom stereocenters. The summed E-state index contributed by atoms with van der Waals surface area (Å²) >= 11 is 0. The third-order valence-electron chi connectivity index (χ3n) is 9.05. The zero-order chi connectivity index (χ0) is 34.4. The number of benzene rings is 1. The minimum Gasteiger partial charge on any atom is -0.465 e. The number of hydrogen-bond donors (Lipinski definition) is 4. The summed E-state index contributed by atoms with van der Waals surface area (Å²) < 4.78 is 33.9. The fraction of sp³-hybridized carbons (Fsp3) is 0.562. The molecule has 0 spiro atoms. The lowest BCUT2D eigenvalue weighted by atomic mass is 9.86. The van der Waals surface area contributed by atoms with E-state index < -0.39 is 47.9 Å². The Hall–Kier alpha value is -4.44. The first-order chi connectivity index (χ1) is 23.0. The number of amides is 5. The van der Waals surface area contributed by atoms with Crippen LogP contribution >= 0.6 is 0 Å². The molecule has 3 heterocycles. The average Bonchev–Trinajstić information content (AvgIpc) is 3.57. The molecule has 1 aliphatic carbocycles. The summed E-state index contributed by atoms with van der Waals surface area (Å²) in [5, 5.41) is 20.3. The van der Waals surface area contributed by atoms with Gasteiger partial charge in [0.25, 0.3) is 18.2 Å². The number of alkyl halides is 2. The van der Waals surface area contributed by atoms with Gasteiger partial charge in [-0.2, -0.15) is 5.10 Å². The Balaban J connectivity index is 0.965. The molecule has 5 amide bonds. The zero-order valence-electron chi connectivity index (χ0n) is 26.8. The van der Waals surface area contributed by atoms with Crippen LogP contribution in [-0.4, -0.2) is 100 Å². The van der Waals surface area contributed by atoms with Crippen LogP contribution in [-0.2, 0) is 14.3 Å². The molecule has 1 aromatic heterocycles. The van der Waals surface area contributed by atoms with Gasteiger partial charge in [0, 0.05) is 51.2 Å². The SMILES string of the molecule is CN(CCCOCCCNc1cccc2c1C(=O)N(C1CCC(=O)NC1=O)C2=O)C[C@H]1CC[C@H](n2cc(NC(=O)O)c(C(F)F)n2)CC1. The van der Waals surface area contributed by atoms with E-state index >= 15 is 0 Å². The Morgan fingerprint density at radius 2 is 1.83 bits per heavy atom. The van der Waals surface area contributed by atoms with Crippen LogP contribution in [0.5, 0.6) is 0 Å². The first-order valence-corrected chi connectivity index (χ1v) is 16.2. The van der Waals surface area contributed by atoms with E-state index in [1.807, 2.05) is 5.32 Å². The molecule has 0 radical (unpaired) electrons. The van der Waals surface area contributed by atoms with Gasteiger partial charge in [-0.3, -0.25) is 39.4 Å². The monoisotopic (exact) mass is 673 g/mol. The number of halogens is 2. The number of carboxylic acid groups (broad SMARTS) is 1. The molecule has 3 aliphatic rings. The number of aromatic nitrogens is 2. The fourth-order valence-electron chi connectivity index (χ4n) is 6.69. The second-order valence-corrected chi connectivity index (χ2v) is 12.5. The van der Waals surface area contributed by atoms with Crippen molar-refractivity contribution < 1.29 is 42.6 Å². The smallest absolute Gasteiger partial charge is 0.409 e. The molecule has 4 N–H and O–H groups in total. The first-order valence-electron chi connectivity index (χ1n) is 16.2. The molecule has 1 saturated carbocycles. The third kappa shape index (κ3) is 8.16. The summed E-state index contributed by atoms with van der Waals surface area (Å²) in [4.78, 5) is 64.2. The molecular formula is C32H41F2N7O7. The Morgan fingerprint density at radius 3 is 2.54 bits per heavy atom. The Bertz CT molecular complexity index is 1530. The van der Waals surface area contributed by atoms with Crippen molar-refractivity contribution in [2.24, 2.45) is 5.92 Å². The van der Waals surface area contributed by atoms with Crippen LogP contribution in [0.1, 0.15) is 90.2 Å². The molecule has 2 aliphatic heterocycles. The van der Waals surface area contributed by atoms with Gasteiger partial charge in [-0.1, -0.05) is 6.07 Å². The van der Waals surface area contributed by atoms with Gasteiger partial charge in [-0.15, -0.1) is 0 Å². The topological polar surface area (TPSA) is 175 Å². The number of imide groups is 2. The normalized spacial score (nSPS) is 21.2. The Kier molecular flexibility index (Phi) is 11.4. The van der Waals surface area contributed by atoms with Crippen molar-refractivity contribution in [2.45, 2.75) is 69.9 Å². The van der Waals surface area contributed by atoms with E-state index in [2.05, 4.69) is 27.7 Å². The van der Waals surface area contributed by atoms with E-state index in [0.29, 0.717) is 37.8 Å². The van der Waals surface area contributed by atoms with Crippen molar-refractivity contribution >= 4 is 41.1 Å². The molecule has 16 heteroatoms. The number of nitrogens with zero attached hydrogens (tertiary/aromatic N) is 4. The highest BCUT2D eigenvalue weighted by atomic mass is 19.3. The number of piperidine rings is 1.